The molecule has 0 radical (unpaired) electrons. The van der Waals surface area contributed by atoms with Gasteiger partial charge in [-0.3, -0.25) is 14.4 Å². The van der Waals surface area contributed by atoms with E-state index in [1.165, 1.54) is 6.92 Å². The Morgan fingerprint density at radius 3 is 2.12 bits per heavy atom. The van der Waals surface area contributed by atoms with Gasteiger partial charge >= 0.3 is 0 Å². The minimum Gasteiger partial charge on any atom is -0.336 e. The molecule has 0 heterocycles. The number of nitrogens with one attached hydrogen (secondary N) is 1. The number of ketones is 2. The van der Waals surface area contributed by atoms with Gasteiger partial charge in [-0.05, 0) is 43.0 Å². The first kappa shape index (κ1) is 17.1. The second-order valence-electron chi connectivity index (χ2n) is 6.77. The molecule has 1 amide bonds. The van der Waals surface area contributed by atoms with Crippen molar-refractivity contribution in [2.45, 2.75) is 38.1 Å². The van der Waals surface area contributed by atoms with E-state index in [0.29, 0.717) is 18.4 Å². The molecule has 1 aliphatic carbocycles. The van der Waals surface area contributed by atoms with Gasteiger partial charge in [0.15, 0.2) is 5.78 Å². The summed E-state index contributed by atoms with van der Waals surface area (Å²) in [5.41, 5.74) is 1.25. The molecule has 2 aromatic carbocycles. The van der Waals surface area contributed by atoms with Gasteiger partial charge < -0.3 is 5.32 Å². The summed E-state index contributed by atoms with van der Waals surface area (Å²) in [6.45, 7) is 3.20. The third-order valence-corrected chi connectivity index (χ3v) is 5.01. The molecular formula is C21H21NO3. The molecule has 0 aliphatic heterocycles. The monoisotopic (exact) mass is 335 g/mol. The highest BCUT2D eigenvalue weighted by molar-refractivity contribution is 5.99. The Morgan fingerprint density at radius 1 is 1.00 bits per heavy atom. The fraction of sp³-hybridized carbons (Fsp3) is 0.286. The van der Waals surface area contributed by atoms with Crippen molar-refractivity contribution in [3.63, 3.8) is 0 Å². The van der Waals surface area contributed by atoms with Crippen LogP contribution in [0.3, 0.4) is 0 Å². The van der Waals surface area contributed by atoms with Crippen molar-refractivity contribution in [2.75, 3.05) is 0 Å². The number of hydrogen-bond donors (Lipinski definition) is 1. The van der Waals surface area contributed by atoms with Crippen LogP contribution in [0.25, 0.3) is 0 Å². The Balaban J connectivity index is 1.78. The lowest BCUT2D eigenvalue weighted by molar-refractivity contribution is -0.124. The van der Waals surface area contributed by atoms with Crippen molar-refractivity contribution in [2.24, 2.45) is 0 Å². The first-order valence-corrected chi connectivity index (χ1v) is 8.41. The van der Waals surface area contributed by atoms with Crippen molar-refractivity contribution < 1.29 is 14.4 Å². The molecule has 128 valence electrons. The second-order valence-corrected chi connectivity index (χ2v) is 6.77. The average molecular weight is 335 g/mol. The summed E-state index contributed by atoms with van der Waals surface area (Å²) in [6, 6.07) is 16.5. The van der Waals surface area contributed by atoms with Gasteiger partial charge in [-0.25, -0.2) is 0 Å². The van der Waals surface area contributed by atoms with Crippen LogP contribution < -0.4 is 5.32 Å². The molecule has 3 rings (SSSR count). The SMILES string of the molecule is CC(=O)C(C)(NC(=O)c1ccc(C2CC(=O)C2)cc1)c1ccccc1. The molecule has 1 N–H and O–H groups in total. The van der Waals surface area contributed by atoms with Crippen LogP contribution >= 0.6 is 0 Å². The molecule has 1 aliphatic rings. The second kappa shape index (κ2) is 6.63. The molecule has 1 unspecified atom stereocenters. The maximum atomic E-state index is 12.6. The summed E-state index contributed by atoms with van der Waals surface area (Å²) >= 11 is 0. The lowest BCUT2D eigenvalue weighted by Gasteiger charge is -2.29. The number of rotatable bonds is 5. The van der Waals surface area contributed by atoms with E-state index >= 15 is 0 Å². The molecule has 4 nitrogen and oxygen atoms in total. The summed E-state index contributed by atoms with van der Waals surface area (Å²) in [4.78, 5) is 36.0. The van der Waals surface area contributed by atoms with Gasteiger partial charge in [-0.15, -0.1) is 0 Å². The van der Waals surface area contributed by atoms with Crippen molar-refractivity contribution in [1.82, 2.24) is 5.32 Å². The summed E-state index contributed by atoms with van der Waals surface area (Å²) in [5, 5.41) is 2.87. The third kappa shape index (κ3) is 3.38. The standard InChI is InChI=1S/C21H21NO3/c1-14(23)21(2,18-6-4-3-5-7-18)22-20(25)16-10-8-15(9-11-16)17-12-19(24)13-17/h3-11,17H,12-13H2,1-2H3,(H,22,25). The molecule has 0 aromatic heterocycles. The van der Waals surface area contributed by atoms with Crippen LogP contribution in [0.1, 0.15) is 54.1 Å². The Hall–Kier alpha value is -2.75. The lowest BCUT2D eigenvalue weighted by Crippen LogP contribution is -2.48. The highest BCUT2D eigenvalue weighted by atomic mass is 16.2. The molecule has 1 atom stereocenters. The predicted octanol–water partition coefficient (Wildman–Crippen LogP) is 3.37. The van der Waals surface area contributed by atoms with Crippen molar-refractivity contribution in [1.29, 1.82) is 0 Å². The number of carbonyl (C=O) groups excluding carboxylic acids is 3. The first-order chi connectivity index (χ1) is 11.9. The van der Waals surface area contributed by atoms with E-state index in [1.807, 2.05) is 42.5 Å². The molecule has 2 aromatic rings. The Kier molecular flexibility index (Phi) is 4.53. The fourth-order valence-corrected chi connectivity index (χ4v) is 3.07. The number of amides is 1. The van der Waals surface area contributed by atoms with Crippen LogP contribution in [0.15, 0.2) is 54.6 Å². The van der Waals surface area contributed by atoms with E-state index in [2.05, 4.69) is 5.32 Å². The number of hydrogen-bond acceptors (Lipinski definition) is 3. The average Bonchev–Trinajstić information content (AvgIpc) is 2.59. The van der Waals surface area contributed by atoms with E-state index in [9.17, 15) is 14.4 Å². The molecule has 4 heteroatoms. The fourth-order valence-electron chi connectivity index (χ4n) is 3.07. The van der Waals surface area contributed by atoms with Crippen molar-refractivity contribution in [3.8, 4) is 0 Å². The predicted molar refractivity (Wildman–Crippen MR) is 95.4 cm³/mol. The van der Waals surface area contributed by atoms with Crippen molar-refractivity contribution >= 4 is 17.5 Å². The smallest absolute Gasteiger partial charge is 0.252 e. The van der Waals surface area contributed by atoms with Gasteiger partial charge in [0.1, 0.15) is 11.3 Å². The zero-order valence-electron chi connectivity index (χ0n) is 14.4. The van der Waals surface area contributed by atoms with Gasteiger partial charge in [0.25, 0.3) is 5.91 Å². The Labute approximate surface area is 147 Å². The zero-order valence-corrected chi connectivity index (χ0v) is 14.4. The maximum Gasteiger partial charge on any atom is 0.252 e. The van der Waals surface area contributed by atoms with Gasteiger partial charge in [-0.2, -0.15) is 0 Å². The number of Topliss-reactive ketones (excluding diaryl/α,β-unsaturated/α-hetero) is 2. The van der Waals surface area contributed by atoms with Gasteiger partial charge in [-0.1, -0.05) is 42.5 Å². The lowest BCUT2D eigenvalue weighted by atomic mass is 9.79. The largest absolute Gasteiger partial charge is 0.336 e. The summed E-state index contributed by atoms with van der Waals surface area (Å²) in [7, 11) is 0. The van der Waals surface area contributed by atoms with E-state index in [1.54, 1.807) is 19.1 Å². The minimum absolute atomic E-state index is 0.128. The molecule has 0 bridgehead atoms. The molecule has 1 saturated carbocycles. The van der Waals surface area contributed by atoms with Gasteiger partial charge in [0.05, 0.1) is 0 Å². The van der Waals surface area contributed by atoms with Crippen LogP contribution in [0.4, 0.5) is 0 Å². The Bertz CT molecular complexity index is 803. The van der Waals surface area contributed by atoms with Crippen molar-refractivity contribution in [3.05, 3.63) is 71.3 Å². The van der Waals surface area contributed by atoms with E-state index in [-0.39, 0.29) is 23.4 Å². The third-order valence-electron chi connectivity index (χ3n) is 5.01. The number of carbonyl (C=O) groups is 3. The Morgan fingerprint density at radius 2 is 1.60 bits per heavy atom. The quantitative estimate of drug-likeness (QED) is 0.911. The van der Waals surface area contributed by atoms with E-state index in [4.69, 9.17) is 0 Å². The summed E-state index contributed by atoms with van der Waals surface area (Å²) in [5.74, 6) is 0.137. The topological polar surface area (TPSA) is 63.2 Å². The molecule has 25 heavy (non-hydrogen) atoms. The van der Waals surface area contributed by atoms with Gasteiger partial charge in [0, 0.05) is 18.4 Å². The van der Waals surface area contributed by atoms with Crippen LogP contribution in [-0.4, -0.2) is 17.5 Å². The first-order valence-electron chi connectivity index (χ1n) is 8.41. The van der Waals surface area contributed by atoms with E-state index < -0.39 is 5.54 Å². The normalized spacial score (nSPS) is 16.6. The summed E-state index contributed by atoms with van der Waals surface area (Å²) < 4.78 is 0. The highest BCUT2D eigenvalue weighted by Gasteiger charge is 2.34. The summed E-state index contributed by atoms with van der Waals surface area (Å²) in [6.07, 6.45) is 1.17. The van der Waals surface area contributed by atoms with E-state index in [0.717, 1.165) is 11.1 Å². The number of benzene rings is 2. The van der Waals surface area contributed by atoms with Crippen LogP contribution in [0, 0.1) is 0 Å². The molecule has 0 saturated heterocycles. The minimum atomic E-state index is -1.07. The highest BCUT2D eigenvalue weighted by Crippen LogP contribution is 2.33. The maximum absolute atomic E-state index is 12.6. The van der Waals surface area contributed by atoms with Crippen LogP contribution in [-0.2, 0) is 15.1 Å². The van der Waals surface area contributed by atoms with Crippen LogP contribution in [0.2, 0.25) is 0 Å². The zero-order chi connectivity index (χ0) is 18.0. The molecule has 0 spiro atoms. The molecular weight excluding hydrogens is 314 g/mol. The molecule has 1 fully saturated rings. The van der Waals surface area contributed by atoms with Crippen LogP contribution in [0.5, 0.6) is 0 Å². The van der Waals surface area contributed by atoms with Gasteiger partial charge in [0.2, 0.25) is 0 Å².